The van der Waals surface area contributed by atoms with E-state index in [1.165, 1.54) is 0 Å². The molecule has 1 aliphatic rings. The van der Waals surface area contributed by atoms with Gasteiger partial charge in [-0.15, -0.1) is 0 Å². The van der Waals surface area contributed by atoms with Gasteiger partial charge in [-0.25, -0.2) is 0 Å². The van der Waals surface area contributed by atoms with Crippen LogP contribution in [0.1, 0.15) is 24.4 Å². The van der Waals surface area contributed by atoms with Gasteiger partial charge in [0.2, 0.25) is 0 Å². The number of hydrogen-bond donors (Lipinski definition) is 1. The van der Waals surface area contributed by atoms with Crippen LogP contribution in [-0.2, 0) is 0 Å². The molecule has 1 saturated heterocycles. The Hall–Kier alpha value is -0.790. The van der Waals surface area contributed by atoms with Crippen molar-refractivity contribution in [2.45, 2.75) is 25.1 Å². The van der Waals surface area contributed by atoms with E-state index in [1.807, 2.05) is 12.1 Å². The van der Waals surface area contributed by atoms with Gasteiger partial charge in [-0.3, -0.25) is 4.90 Å². The van der Waals surface area contributed by atoms with Crippen LogP contribution < -0.4 is 10.1 Å². The van der Waals surface area contributed by atoms with E-state index in [1.54, 1.807) is 13.2 Å². The molecule has 0 aliphatic carbocycles. The van der Waals surface area contributed by atoms with Crippen LogP contribution >= 0.6 is 15.9 Å². The first-order chi connectivity index (χ1) is 10.4. The fourth-order valence-electron chi connectivity index (χ4n) is 2.79. The van der Waals surface area contributed by atoms with Crippen LogP contribution in [0.25, 0.3) is 0 Å². The Kier molecular flexibility index (Phi) is 6.11. The van der Waals surface area contributed by atoms with Crippen molar-refractivity contribution in [1.82, 2.24) is 10.2 Å². The number of nitrogens with one attached hydrogen (secondary N) is 1. The number of hydrogen-bond acceptors (Lipinski definition) is 3. The molecule has 0 spiro atoms. The third-order valence-corrected chi connectivity index (χ3v) is 4.34. The number of benzene rings is 1. The van der Waals surface area contributed by atoms with Crippen LogP contribution in [0.15, 0.2) is 22.7 Å². The second-order valence-electron chi connectivity index (χ2n) is 5.34. The summed E-state index contributed by atoms with van der Waals surface area (Å²) >= 11 is 3.40. The van der Waals surface area contributed by atoms with Crippen LogP contribution in [-0.4, -0.2) is 44.4 Å². The van der Waals surface area contributed by atoms with Gasteiger partial charge in [-0.05, 0) is 24.6 Å². The highest BCUT2D eigenvalue weighted by Crippen LogP contribution is 2.37. The molecule has 1 heterocycles. The highest BCUT2D eigenvalue weighted by molar-refractivity contribution is 9.10. The monoisotopic (exact) mass is 380 g/mol. The average Bonchev–Trinajstić information content (AvgIpc) is 2.48. The summed E-state index contributed by atoms with van der Waals surface area (Å²) in [5, 5.41) is 3.23. The normalized spacial score (nSPS) is 18.2. The molecule has 0 radical (unpaired) electrons. The first-order valence-electron chi connectivity index (χ1n) is 7.25. The molecule has 0 amide bonds. The van der Waals surface area contributed by atoms with Gasteiger partial charge in [-0.1, -0.05) is 15.9 Å². The third kappa shape index (κ3) is 4.86. The summed E-state index contributed by atoms with van der Waals surface area (Å²) in [6, 6.07) is 5.20. The number of rotatable bonds is 5. The van der Waals surface area contributed by atoms with Gasteiger partial charge in [-0.2, -0.15) is 13.2 Å². The molecule has 1 atom stereocenters. The lowest BCUT2D eigenvalue weighted by Gasteiger charge is -2.36. The van der Waals surface area contributed by atoms with Crippen LogP contribution in [0.3, 0.4) is 0 Å². The van der Waals surface area contributed by atoms with Crippen LogP contribution in [0, 0.1) is 0 Å². The SMILES string of the molecule is COc1ccc(Br)cc1[C@@H](CCC(F)(F)F)N1CCNCC1. The molecular formula is C15H20BrF3N2O. The maximum absolute atomic E-state index is 12.7. The van der Waals surface area contributed by atoms with Crippen molar-refractivity contribution in [3.8, 4) is 5.75 Å². The van der Waals surface area contributed by atoms with Crippen molar-refractivity contribution in [3.63, 3.8) is 0 Å². The Bertz CT molecular complexity index is 490. The van der Waals surface area contributed by atoms with Gasteiger partial charge in [0.1, 0.15) is 5.75 Å². The highest BCUT2D eigenvalue weighted by Gasteiger charge is 2.32. The van der Waals surface area contributed by atoms with Gasteiger partial charge in [0.25, 0.3) is 0 Å². The molecule has 0 unspecified atom stereocenters. The predicted molar refractivity (Wildman–Crippen MR) is 83.2 cm³/mol. The van der Waals surface area contributed by atoms with Gasteiger partial charge < -0.3 is 10.1 Å². The number of halogens is 4. The van der Waals surface area contributed by atoms with Crippen molar-refractivity contribution in [2.75, 3.05) is 33.3 Å². The maximum atomic E-state index is 12.7. The summed E-state index contributed by atoms with van der Waals surface area (Å²) in [5.41, 5.74) is 0.808. The average molecular weight is 381 g/mol. The van der Waals surface area contributed by atoms with Crippen molar-refractivity contribution in [1.29, 1.82) is 0 Å². The van der Waals surface area contributed by atoms with Crippen molar-refractivity contribution < 1.29 is 17.9 Å². The summed E-state index contributed by atoms with van der Waals surface area (Å²) in [6.07, 6.45) is -4.90. The molecule has 0 bridgehead atoms. The largest absolute Gasteiger partial charge is 0.496 e. The first kappa shape index (κ1) is 17.6. The van der Waals surface area contributed by atoms with Crippen molar-refractivity contribution >= 4 is 15.9 Å². The Morgan fingerprint density at radius 2 is 2.00 bits per heavy atom. The molecule has 3 nitrogen and oxygen atoms in total. The minimum Gasteiger partial charge on any atom is -0.496 e. The molecule has 1 aromatic carbocycles. The molecule has 1 aromatic rings. The zero-order valence-electron chi connectivity index (χ0n) is 12.4. The molecule has 1 fully saturated rings. The van der Waals surface area contributed by atoms with Gasteiger partial charge >= 0.3 is 6.18 Å². The number of methoxy groups -OCH3 is 1. The van der Waals surface area contributed by atoms with E-state index in [4.69, 9.17) is 4.74 Å². The van der Waals surface area contributed by atoms with E-state index in [0.717, 1.165) is 36.2 Å². The highest BCUT2D eigenvalue weighted by atomic mass is 79.9. The Balaban J connectivity index is 2.28. The lowest BCUT2D eigenvalue weighted by atomic mass is 9.98. The minimum atomic E-state index is -4.15. The molecule has 1 N–H and O–H groups in total. The first-order valence-corrected chi connectivity index (χ1v) is 8.05. The zero-order valence-corrected chi connectivity index (χ0v) is 14.0. The van der Waals surface area contributed by atoms with Crippen molar-refractivity contribution in [3.05, 3.63) is 28.2 Å². The smallest absolute Gasteiger partial charge is 0.389 e. The fourth-order valence-corrected chi connectivity index (χ4v) is 3.17. The van der Waals surface area contributed by atoms with Gasteiger partial charge in [0, 0.05) is 48.7 Å². The third-order valence-electron chi connectivity index (χ3n) is 3.84. The van der Waals surface area contributed by atoms with E-state index in [-0.39, 0.29) is 12.5 Å². The van der Waals surface area contributed by atoms with E-state index < -0.39 is 12.6 Å². The molecular weight excluding hydrogens is 361 g/mol. The summed E-state index contributed by atoms with van der Waals surface area (Å²) in [5.74, 6) is 0.633. The molecule has 1 aliphatic heterocycles. The number of piperazine rings is 1. The standard InChI is InChI=1S/C15H20BrF3N2O/c1-22-14-3-2-11(16)10-12(14)13(4-5-15(17,18)19)21-8-6-20-7-9-21/h2-3,10,13,20H,4-9H2,1H3/t13-/m1/s1. The zero-order chi connectivity index (χ0) is 16.2. The fraction of sp³-hybridized carbons (Fsp3) is 0.600. The summed E-state index contributed by atoms with van der Waals surface area (Å²) in [4.78, 5) is 2.10. The maximum Gasteiger partial charge on any atom is 0.389 e. The van der Waals surface area contributed by atoms with E-state index >= 15 is 0 Å². The number of nitrogens with zero attached hydrogens (tertiary/aromatic N) is 1. The van der Waals surface area contributed by atoms with Gasteiger partial charge in [0.05, 0.1) is 7.11 Å². The second kappa shape index (κ2) is 7.66. The Morgan fingerprint density at radius 3 is 2.59 bits per heavy atom. The number of ether oxygens (including phenoxy) is 1. The molecule has 22 heavy (non-hydrogen) atoms. The molecule has 124 valence electrons. The number of alkyl halides is 3. The molecule has 0 saturated carbocycles. The molecule has 0 aromatic heterocycles. The summed E-state index contributed by atoms with van der Waals surface area (Å²) in [7, 11) is 1.55. The van der Waals surface area contributed by atoms with Gasteiger partial charge in [0.15, 0.2) is 0 Å². The van der Waals surface area contributed by atoms with E-state index in [9.17, 15) is 13.2 Å². The van der Waals surface area contributed by atoms with E-state index in [2.05, 4.69) is 26.1 Å². The second-order valence-corrected chi connectivity index (χ2v) is 6.26. The minimum absolute atomic E-state index is 0.0380. The lowest BCUT2D eigenvalue weighted by Crippen LogP contribution is -2.45. The van der Waals surface area contributed by atoms with E-state index in [0.29, 0.717) is 5.75 Å². The Labute approximate surface area is 136 Å². The Morgan fingerprint density at radius 1 is 1.32 bits per heavy atom. The van der Waals surface area contributed by atoms with Crippen LogP contribution in [0.4, 0.5) is 13.2 Å². The molecule has 2 rings (SSSR count). The molecule has 7 heteroatoms. The van der Waals surface area contributed by atoms with Crippen molar-refractivity contribution in [2.24, 2.45) is 0 Å². The topological polar surface area (TPSA) is 24.5 Å². The van der Waals surface area contributed by atoms with Crippen LogP contribution in [0.5, 0.6) is 5.75 Å². The quantitative estimate of drug-likeness (QED) is 0.841. The summed E-state index contributed by atoms with van der Waals surface area (Å²) < 4.78 is 44.3. The summed E-state index contributed by atoms with van der Waals surface area (Å²) in [6.45, 7) is 3.05. The predicted octanol–water partition coefficient (Wildman–Crippen LogP) is 3.75. The lowest BCUT2D eigenvalue weighted by molar-refractivity contribution is -0.138. The van der Waals surface area contributed by atoms with Crippen LogP contribution in [0.2, 0.25) is 0 Å².